The summed E-state index contributed by atoms with van der Waals surface area (Å²) in [4.78, 5) is 11.4. The van der Waals surface area contributed by atoms with Gasteiger partial charge in [0.05, 0.1) is 12.8 Å². The van der Waals surface area contributed by atoms with Crippen LogP contribution in [-0.4, -0.2) is 17.0 Å². The predicted octanol–water partition coefficient (Wildman–Crippen LogP) is 2.07. The van der Waals surface area contributed by atoms with Crippen LogP contribution >= 0.6 is 0 Å². The molecule has 0 fully saturated rings. The summed E-state index contributed by atoms with van der Waals surface area (Å²) in [5.74, 6) is 0.730. The van der Waals surface area contributed by atoms with E-state index in [9.17, 15) is 10.0 Å². The summed E-state index contributed by atoms with van der Waals surface area (Å²) < 4.78 is 5.70. The van der Waals surface area contributed by atoms with Crippen molar-refractivity contribution < 1.29 is 9.94 Å². The Hall–Kier alpha value is -2.23. The van der Waals surface area contributed by atoms with Gasteiger partial charge in [-0.25, -0.2) is 0 Å². The van der Waals surface area contributed by atoms with Gasteiger partial charge in [-0.3, -0.25) is 4.79 Å². The van der Waals surface area contributed by atoms with Gasteiger partial charge in [0.15, 0.2) is 0 Å². The number of ether oxygens (including phenoxy) is 1. The fraction of sp³-hybridized carbons (Fsp3) is 0.154. The Morgan fingerprint density at radius 2 is 1.82 bits per heavy atom. The minimum absolute atomic E-state index is 0.434. The summed E-state index contributed by atoms with van der Waals surface area (Å²) in [6, 6.07) is 10.3. The predicted molar refractivity (Wildman–Crippen MR) is 64.6 cm³/mol. The molecule has 0 aliphatic heterocycles. The molecule has 17 heavy (non-hydrogen) atoms. The zero-order chi connectivity index (χ0) is 12.4. The Morgan fingerprint density at radius 1 is 1.18 bits per heavy atom. The van der Waals surface area contributed by atoms with Gasteiger partial charge < -0.3 is 9.94 Å². The molecule has 1 N–H and O–H groups in total. The zero-order valence-corrected chi connectivity index (χ0v) is 9.68. The van der Waals surface area contributed by atoms with Crippen molar-refractivity contribution >= 4 is 0 Å². The molecule has 1 heterocycles. The first-order chi connectivity index (χ1) is 8.11. The van der Waals surface area contributed by atoms with Crippen molar-refractivity contribution in [3.05, 3.63) is 52.3 Å². The molecule has 0 aliphatic rings. The van der Waals surface area contributed by atoms with Gasteiger partial charge in [-0.2, -0.15) is 0 Å². The second-order valence-corrected chi connectivity index (χ2v) is 3.80. The maximum Gasteiger partial charge on any atom is 0.283 e. The van der Waals surface area contributed by atoms with Gasteiger partial charge in [-0.05, 0) is 42.8 Å². The fourth-order valence-corrected chi connectivity index (χ4v) is 1.66. The summed E-state index contributed by atoms with van der Waals surface area (Å²) in [6.07, 6.45) is 0. The standard InChI is InChI=1S/C13H13NO3/c1-9-7-12(14(16)13(15)8-9)10-3-5-11(17-2)6-4-10/h3-8,16H,1-2H3. The van der Waals surface area contributed by atoms with Gasteiger partial charge in [-0.1, -0.05) is 0 Å². The summed E-state index contributed by atoms with van der Waals surface area (Å²) in [7, 11) is 1.59. The number of rotatable bonds is 2. The van der Waals surface area contributed by atoms with Gasteiger partial charge in [0.2, 0.25) is 0 Å². The summed E-state index contributed by atoms with van der Waals surface area (Å²) >= 11 is 0. The van der Waals surface area contributed by atoms with Crippen molar-refractivity contribution in [3.63, 3.8) is 0 Å². The van der Waals surface area contributed by atoms with Crippen LogP contribution in [0.5, 0.6) is 5.75 Å². The van der Waals surface area contributed by atoms with E-state index >= 15 is 0 Å². The van der Waals surface area contributed by atoms with Crippen molar-refractivity contribution in [1.29, 1.82) is 0 Å². The Kier molecular flexibility index (Phi) is 2.87. The molecule has 4 nitrogen and oxygen atoms in total. The van der Waals surface area contributed by atoms with Crippen LogP contribution in [0, 0.1) is 6.92 Å². The molecular weight excluding hydrogens is 218 g/mol. The lowest BCUT2D eigenvalue weighted by Gasteiger charge is -2.08. The Bertz CT molecular complexity index is 585. The summed E-state index contributed by atoms with van der Waals surface area (Å²) in [5.41, 5.74) is 1.61. The lowest BCUT2D eigenvalue weighted by atomic mass is 10.1. The van der Waals surface area contributed by atoms with E-state index in [0.29, 0.717) is 10.4 Å². The second kappa shape index (κ2) is 4.33. The number of hydrogen-bond donors (Lipinski definition) is 1. The van der Waals surface area contributed by atoms with E-state index in [1.54, 1.807) is 37.4 Å². The Morgan fingerprint density at radius 3 is 2.41 bits per heavy atom. The SMILES string of the molecule is COc1ccc(-c2cc(C)cc(=O)n2O)cc1. The number of hydrogen-bond acceptors (Lipinski definition) is 3. The minimum atomic E-state index is -0.434. The number of methoxy groups -OCH3 is 1. The van der Waals surface area contributed by atoms with E-state index in [0.717, 1.165) is 16.9 Å². The van der Waals surface area contributed by atoms with Crippen molar-refractivity contribution in [2.45, 2.75) is 6.92 Å². The molecule has 0 spiro atoms. The monoisotopic (exact) mass is 231 g/mol. The maximum absolute atomic E-state index is 11.4. The van der Waals surface area contributed by atoms with Crippen LogP contribution in [0.15, 0.2) is 41.2 Å². The summed E-state index contributed by atoms with van der Waals surface area (Å²) in [6.45, 7) is 1.81. The van der Waals surface area contributed by atoms with E-state index in [-0.39, 0.29) is 0 Å². The maximum atomic E-state index is 11.4. The molecule has 88 valence electrons. The highest BCUT2D eigenvalue weighted by Gasteiger charge is 2.06. The van der Waals surface area contributed by atoms with Crippen LogP contribution < -0.4 is 10.3 Å². The fourth-order valence-electron chi connectivity index (χ4n) is 1.66. The molecule has 0 unspecified atom stereocenters. The average molecular weight is 231 g/mol. The highest BCUT2D eigenvalue weighted by atomic mass is 16.5. The van der Waals surface area contributed by atoms with Gasteiger partial charge >= 0.3 is 0 Å². The number of pyridine rings is 1. The number of nitrogens with zero attached hydrogens (tertiary/aromatic N) is 1. The normalized spacial score (nSPS) is 10.2. The topological polar surface area (TPSA) is 51.5 Å². The van der Waals surface area contributed by atoms with Crippen LogP contribution in [0.3, 0.4) is 0 Å². The number of benzene rings is 1. The van der Waals surface area contributed by atoms with Crippen LogP contribution in [0.1, 0.15) is 5.56 Å². The van der Waals surface area contributed by atoms with Crippen molar-refractivity contribution in [2.24, 2.45) is 0 Å². The van der Waals surface area contributed by atoms with E-state index in [2.05, 4.69) is 0 Å². The quantitative estimate of drug-likeness (QED) is 0.805. The first-order valence-corrected chi connectivity index (χ1v) is 5.19. The third-order valence-electron chi connectivity index (χ3n) is 2.54. The van der Waals surface area contributed by atoms with Crippen LogP contribution in [0.2, 0.25) is 0 Å². The van der Waals surface area contributed by atoms with E-state index in [1.165, 1.54) is 6.07 Å². The molecule has 0 radical (unpaired) electrons. The van der Waals surface area contributed by atoms with Gasteiger partial charge in [-0.15, -0.1) is 4.73 Å². The average Bonchev–Trinajstić information content (AvgIpc) is 2.34. The van der Waals surface area contributed by atoms with Crippen molar-refractivity contribution in [2.75, 3.05) is 7.11 Å². The zero-order valence-electron chi connectivity index (χ0n) is 9.68. The molecule has 0 saturated heterocycles. The lowest BCUT2D eigenvalue weighted by molar-refractivity contribution is 0.179. The van der Waals surface area contributed by atoms with Crippen LogP contribution in [-0.2, 0) is 0 Å². The highest BCUT2D eigenvalue weighted by Crippen LogP contribution is 2.21. The molecule has 1 aromatic carbocycles. The van der Waals surface area contributed by atoms with Crippen molar-refractivity contribution in [1.82, 2.24) is 4.73 Å². The third-order valence-corrected chi connectivity index (χ3v) is 2.54. The molecular formula is C13H13NO3. The Labute approximate surface area is 98.7 Å². The molecule has 0 atom stereocenters. The van der Waals surface area contributed by atoms with Crippen LogP contribution in [0.4, 0.5) is 0 Å². The summed E-state index contributed by atoms with van der Waals surface area (Å²) in [5, 5.41) is 9.67. The molecule has 0 aliphatic carbocycles. The van der Waals surface area contributed by atoms with E-state index in [4.69, 9.17) is 4.74 Å². The van der Waals surface area contributed by atoms with Crippen molar-refractivity contribution in [3.8, 4) is 17.0 Å². The minimum Gasteiger partial charge on any atom is -0.497 e. The van der Waals surface area contributed by atoms with Crippen LogP contribution in [0.25, 0.3) is 11.3 Å². The molecule has 2 aromatic rings. The second-order valence-electron chi connectivity index (χ2n) is 3.80. The van der Waals surface area contributed by atoms with Gasteiger partial charge in [0.1, 0.15) is 5.75 Å². The molecule has 4 heteroatoms. The number of aromatic nitrogens is 1. The first kappa shape index (κ1) is 11.3. The first-order valence-electron chi connectivity index (χ1n) is 5.19. The largest absolute Gasteiger partial charge is 0.497 e. The Balaban J connectivity index is 2.56. The molecule has 0 amide bonds. The smallest absolute Gasteiger partial charge is 0.283 e. The van der Waals surface area contributed by atoms with Gasteiger partial charge in [0.25, 0.3) is 5.56 Å². The molecule has 2 rings (SSSR count). The lowest BCUT2D eigenvalue weighted by Crippen LogP contribution is -2.18. The molecule has 0 saturated carbocycles. The number of aryl methyl sites for hydroxylation is 1. The third kappa shape index (κ3) is 2.15. The molecule has 0 bridgehead atoms. The molecule has 1 aromatic heterocycles. The van der Waals surface area contributed by atoms with E-state index < -0.39 is 5.56 Å². The van der Waals surface area contributed by atoms with E-state index in [1.807, 2.05) is 6.92 Å². The van der Waals surface area contributed by atoms with Gasteiger partial charge in [0, 0.05) is 11.6 Å². The highest BCUT2D eigenvalue weighted by molar-refractivity contribution is 5.61.